The second-order valence-electron chi connectivity index (χ2n) is 5.76. The summed E-state index contributed by atoms with van der Waals surface area (Å²) in [7, 11) is -1.39. The highest BCUT2D eigenvalue weighted by Gasteiger charge is 2.35. The molecule has 7 heteroatoms. The normalized spacial score (nSPS) is 23.1. The Morgan fingerprint density at radius 1 is 1.40 bits per heavy atom. The topological polar surface area (TPSA) is 58.6 Å². The van der Waals surface area contributed by atoms with Crippen molar-refractivity contribution in [3.05, 3.63) is 0 Å². The molecule has 0 aliphatic carbocycles. The highest BCUT2D eigenvalue weighted by atomic mass is 32.2. The smallest absolute Gasteiger partial charge is 0.164 e. The van der Waals surface area contributed by atoms with Crippen molar-refractivity contribution >= 4 is 21.6 Å². The van der Waals surface area contributed by atoms with Crippen LogP contribution in [-0.2, 0) is 14.6 Å². The number of hydrogen-bond acceptors (Lipinski definition) is 6. The number of nitrogens with zero attached hydrogens (tertiary/aromatic N) is 1. The lowest BCUT2D eigenvalue weighted by Gasteiger charge is -2.39. The minimum Gasteiger partial charge on any atom is -0.383 e. The van der Waals surface area contributed by atoms with Gasteiger partial charge in [-0.15, -0.1) is 0 Å². The van der Waals surface area contributed by atoms with E-state index in [9.17, 15) is 8.42 Å². The van der Waals surface area contributed by atoms with Crippen molar-refractivity contribution in [2.75, 3.05) is 51.1 Å². The third-order valence-corrected chi connectivity index (χ3v) is 6.04. The molecular formula is C13H28N2O3S2. The molecule has 0 spiro atoms. The Bertz CT molecular complexity index is 374. The van der Waals surface area contributed by atoms with Gasteiger partial charge >= 0.3 is 0 Å². The predicted molar refractivity (Wildman–Crippen MR) is 86.0 cm³/mol. The molecule has 2 unspecified atom stereocenters. The third kappa shape index (κ3) is 5.89. The highest BCUT2D eigenvalue weighted by Crippen LogP contribution is 2.22. The summed E-state index contributed by atoms with van der Waals surface area (Å²) in [4.78, 5) is 2.10. The van der Waals surface area contributed by atoms with E-state index in [0.717, 1.165) is 25.4 Å². The van der Waals surface area contributed by atoms with Crippen LogP contribution in [0.2, 0.25) is 0 Å². The molecule has 5 nitrogen and oxygen atoms in total. The monoisotopic (exact) mass is 324 g/mol. The fraction of sp³-hybridized carbons (Fsp3) is 1.00. The SMILES string of the molecule is COCC(CNCC(C)C)N1CCSCC1S(C)(=O)=O. The molecule has 0 aromatic rings. The molecule has 0 saturated carbocycles. The number of sulfone groups is 1. The van der Waals surface area contributed by atoms with E-state index in [4.69, 9.17) is 4.74 Å². The fourth-order valence-electron chi connectivity index (χ4n) is 2.38. The second-order valence-corrected chi connectivity index (χ2v) is 9.11. The summed E-state index contributed by atoms with van der Waals surface area (Å²) < 4.78 is 29.2. The van der Waals surface area contributed by atoms with Gasteiger partial charge < -0.3 is 10.1 Å². The average Bonchev–Trinajstić information content (AvgIpc) is 2.36. The van der Waals surface area contributed by atoms with Gasteiger partial charge in [-0.1, -0.05) is 13.8 Å². The van der Waals surface area contributed by atoms with E-state index >= 15 is 0 Å². The molecule has 1 aliphatic heterocycles. The van der Waals surface area contributed by atoms with Gasteiger partial charge in [-0.25, -0.2) is 8.42 Å². The van der Waals surface area contributed by atoms with Crippen LogP contribution in [0.1, 0.15) is 13.8 Å². The average molecular weight is 325 g/mol. The van der Waals surface area contributed by atoms with Crippen molar-refractivity contribution in [3.63, 3.8) is 0 Å². The maximum absolute atomic E-state index is 12.0. The molecule has 1 heterocycles. The van der Waals surface area contributed by atoms with E-state index in [1.807, 2.05) is 0 Å². The van der Waals surface area contributed by atoms with Crippen LogP contribution in [0.25, 0.3) is 0 Å². The molecular weight excluding hydrogens is 296 g/mol. The molecule has 0 radical (unpaired) electrons. The van der Waals surface area contributed by atoms with E-state index in [1.165, 1.54) is 6.26 Å². The van der Waals surface area contributed by atoms with Crippen molar-refractivity contribution in [1.29, 1.82) is 0 Å². The minimum absolute atomic E-state index is 0.111. The first kappa shape index (κ1) is 18.2. The second kappa shape index (κ2) is 8.58. The first-order valence-electron chi connectivity index (χ1n) is 7.08. The molecule has 0 bridgehead atoms. The maximum Gasteiger partial charge on any atom is 0.164 e. The van der Waals surface area contributed by atoms with Crippen LogP contribution in [-0.4, -0.2) is 75.8 Å². The van der Waals surface area contributed by atoms with E-state index < -0.39 is 9.84 Å². The van der Waals surface area contributed by atoms with Crippen molar-refractivity contribution < 1.29 is 13.2 Å². The first-order chi connectivity index (χ1) is 9.36. The largest absolute Gasteiger partial charge is 0.383 e. The molecule has 1 N–H and O–H groups in total. The number of rotatable bonds is 8. The summed E-state index contributed by atoms with van der Waals surface area (Å²) >= 11 is 1.72. The molecule has 1 fully saturated rings. The number of hydrogen-bond donors (Lipinski definition) is 1. The van der Waals surface area contributed by atoms with Crippen LogP contribution in [0.5, 0.6) is 0 Å². The Labute approximate surface area is 127 Å². The maximum atomic E-state index is 12.0. The predicted octanol–water partition coefficient (Wildman–Crippen LogP) is 0.667. The first-order valence-corrected chi connectivity index (χ1v) is 10.2. The van der Waals surface area contributed by atoms with Crippen LogP contribution >= 0.6 is 11.8 Å². The Morgan fingerprint density at radius 2 is 2.10 bits per heavy atom. The Hall–Kier alpha value is 0.180. The number of nitrogens with one attached hydrogen (secondary N) is 1. The van der Waals surface area contributed by atoms with Gasteiger partial charge in [-0.3, -0.25) is 4.90 Å². The zero-order chi connectivity index (χ0) is 15.2. The van der Waals surface area contributed by atoms with Gasteiger partial charge in [0.1, 0.15) is 5.37 Å². The van der Waals surface area contributed by atoms with Gasteiger partial charge in [0.05, 0.1) is 6.61 Å². The van der Waals surface area contributed by atoms with E-state index in [1.54, 1.807) is 18.9 Å². The summed E-state index contributed by atoms with van der Waals surface area (Å²) in [5.41, 5.74) is 0. The summed E-state index contributed by atoms with van der Waals surface area (Å²) in [6.07, 6.45) is 1.34. The summed E-state index contributed by atoms with van der Waals surface area (Å²) in [5.74, 6) is 2.22. The zero-order valence-corrected chi connectivity index (χ0v) is 14.6. The lowest BCUT2D eigenvalue weighted by molar-refractivity contribution is 0.0863. The molecule has 1 rings (SSSR count). The number of methoxy groups -OCH3 is 1. The number of ether oxygens (including phenoxy) is 1. The molecule has 2 atom stereocenters. The lowest BCUT2D eigenvalue weighted by Crippen LogP contribution is -2.56. The summed E-state index contributed by atoms with van der Waals surface area (Å²) in [5, 5.41) is 3.03. The highest BCUT2D eigenvalue weighted by molar-refractivity contribution is 8.00. The Balaban J connectivity index is 2.71. The van der Waals surface area contributed by atoms with Gasteiger partial charge in [0, 0.05) is 44.0 Å². The van der Waals surface area contributed by atoms with Gasteiger partial charge in [0.15, 0.2) is 9.84 Å². The fourth-order valence-corrected chi connectivity index (χ4v) is 5.33. The van der Waals surface area contributed by atoms with Crippen LogP contribution in [0.4, 0.5) is 0 Å². The van der Waals surface area contributed by atoms with Crippen LogP contribution in [0.15, 0.2) is 0 Å². The molecule has 1 aliphatic rings. The van der Waals surface area contributed by atoms with E-state index in [-0.39, 0.29) is 11.4 Å². The van der Waals surface area contributed by atoms with Crippen molar-refractivity contribution in [2.45, 2.75) is 25.3 Å². The van der Waals surface area contributed by atoms with Crippen LogP contribution in [0, 0.1) is 5.92 Å². The van der Waals surface area contributed by atoms with Crippen LogP contribution < -0.4 is 5.32 Å². The van der Waals surface area contributed by atoms with E-state index in [0.29, 0.717) is 18.3 Å². The van der Waals surface area contributed by atoms with Gasteiger partial charge in [-0.05, 0) is 12.5 Å². The van der Waals surface area contributed by atoms with Crippen molar-refractivity contribution in [2.24, 2.45) is 5.92 Å². The van der Waals surface area contributed by atoms with Gasteiger partial charge in [-0.2, -0.15) is 11.8 Å². The van der Waals surface area contributed by atoms with E-state index in [2.05, 4.69) is 24.1 Å². The van der Waals surface area contributed by atoms with Gasteiger partial charge in [0.25, 0.3) is 0 Å². The zero-order valence-electron chi connectivity index (χ0n) is 13.0. The van der Waals surface area contributed by atoms with Crippen LogP contribution in [0.3, 0.4) is 0 Å². The van der Waals surface area contributed by atoms with Crippen molar-refractivity contribution in [1.82, 2.24) is 10.2 Å². The third-order valence-electron chi connectivity index (χ3n) is 3.38. The molecule has 120 valence electrons. The molecule has 20 heavy (non-hydrogen) atoms. The lowest BCUT2D eigenvalue weighted by atomic mass is 10.2. The summed E-state index contributed by atoms with van der Waals surface area (Å²) in [6, 6.07) is 0.111. The summed E-state index contributed by atoms with van der Waals surface area (Å²) in [6.45, 7) is 7.39. The van der Waals surface area contributed by atoms with Crippen molar-refractivity contribution in [3.8, 4) is 0 Å². The van der Waals surface area contributed by atoms with Gasteiger partial charge in [0.2, 0.25) is 0 Å². The Morgan fingerprint density at radius 3 is 2.65 bits per heavy atom. The minimum atomic E-state index is -3.06. The quantitative estimate of drug-likeness (QED) is 0.708. The molecule has 0 aromatic heterocycles. The standard InChI is InChI=1S/C13H28N2O3S2/c1-11(2)7-14-8-12(9-18-3)15-5-6-19-10-13(15)20(4,16)17/h11-14H,5-10H2,1-4H3. The number of thioether (sulfide) groups is 1. The molecule has 0 aromatic carbocycles. The Kier molecular flexibility index (Phi) is 7.82. The molecule has 0 amide bonds. The molecule has 1 saturated heterocycles.